The van der Waals surface area contributed by atoms with E-state index >= 15 is 0 Å². The topological polar surface area (TPSA) is 46.6 Å². The van der Waals surface area contributed by atoms with E-state index < -0.39 is 0 Å². The van der Waals surface area contributed by atoms with Gasteiger partial charge in [0.1, 0.15) is 12.4 Å². The number of methoxy groups -OCH3 is 1. The summed E-state index contributed by atoms with van der Waals surface area (Å²) in [6, 6.07) is 15.8. The normalized spacial score (nSPS) is 18.7. The zero-order valence-electron chi connectivity index (χ0n) is 15.7. The molecule has 0 aliphatic carbocycles. The molecule has 2 atom stereocenters. The molecule has 3 heterocycles. The second-order valence-electron chi connectivity index (χ2n) is 6.47. The highest BCUT2D eigenvalue weighted by molar-refractivity contribution is 7.80. The number of nitrogens with zero attached hydrogens (tertiary/aromatic N) is 2. The Morgan fingerprint density at radius 3 is 2.79 bits per heavy atom. The van der Waals surface area contributed by atoms with Crippen LogP contribution in [-0.2, 0) is 4.74 Å². The lowest BCUT2D eigenvalue weighted by Crippen LogP contribution is -2.29. The van der Waals surface area contributed by atoms with Crippen LogP contribution in [0.5, 0.6) is 5.75 Å². The molecule has 0 bridgehead atoms. The van der Waals surface area contributed by atoms with Gasteiger partial charge in [0.05, 0.1) is 29.4 Å². The number of ether oxygens (including phenoxy) is 2. The van der Waals surface area contributed by atoms with Crippen LogP contribution in [0.1, 0.15) is 22.7 Å². The van der Waals surface area contributed by atoms with Gasteiger partial charge in [-0.3, -0.25) is 4.98 Å². The van der Waals surface area contributed by atoms with E-state index in [0.717, 1.165) is 11.4 Å². The maximum Gasteiger partial charge on any atom is 0.174 e. The van der Waals surface area contributed by atoms with E-state index in [-0.39, 0.29) is 12.1 Å². The van der Waals surface area contributed by atoms with Crippen LogP contribution in [-0.4, -0.2) is 30.4 Å². The van der Waals surface area contributed by atoms with Crippen LogP contribution in [0, 0.1) is 0 Å². The van der Waals surface area contributed by atoms with Crippen LogP contribution in [0.25, 0.3) is 0 Å². The Morgan fingerprint density at radius 1 is 1.21 bits per heavy atom. The maximum absolute atomic E-state index is 6.49. The summed E-state index contributed by atoms with van der Waals surface area (Å²) in [5, 5.41) is 6.69. The largest absolute Gasteiger partial charge is 0.490 e. The monoisotopic (exact) mass is 445 g/mol. The predicted molar refractivity (Wildman–Crippen MR) is 121 cm³/mol. The highest BCUT2D eigenvalue weighted by atomic mass is 35.5. The van der Waals surface area contributed by atoms with Gasteiger partial charge in [0.25, 0.3) is 0 Å². The minimum atomic E-state index is -0.0567. The fraction of sp³-hybridized carbons (Fsp3) is 0.238. The minimum absolute atomic E-state index is 0.0197. The molecule has 29 heavy (non-hydrogen) atoms. The predicted octanol–water partition coefficient (Wildman–Crippen LogP) is 5.00. The summed E-state index contributed by atoms with van der Waals surface area (Å²) in [7, 11) is 1.64. The molecular formula is C21H20ClN3O2S2. The molecule has 8 heteroatoms. The molecule has 0 saturated carbocycles. The quantitative estimate of drug-likeness (QED) is 0.408. The van der Waals surface area contributed by atoms with Crippen molar-refractivity contribution in [3.8, 4) is 5.75 Å². The SMILES string of the molecule is COCCOc1ccc(N2C(=S)N[C@@H](c3ccccn3)[C@@H]2c2cccs2)cc1Cl. The average molecular weight is 446 g/mol. The second kappa shape index (κ2) is 9.09. The molecule has 3 aromatic rings. The Kier molecular flexibility index (Phi) is 6.30. The van der Waals surface area contributed by atoms with E-state index in [9.17, 15) is 0 Å². The maximum atomic E-state index is 6.49. The fourth-order valence-corrected chi connectivity index (χ4v) is 4.80. The summed E-state index contributed by atoms with van der Waals surface area (Å²) in [5.41, 5.74) is 1.85. The number of thiocarbonyl (C=S) groups is 1. The average Bonchev–Trinajstić information content (AvgIpc) is 3.37. The van der Waals surface area contributed by atoms with E-state index in [0.29, 0.717) is 29.1 Å². The molecule has 1 aliphatic heterocycles. The van der Waals surface area contributed by atoms with Crippen molar-refractivity contribution < 1.29 is 9.47 Å². The zero-order valence-corrected chi connectivity index (χ0v) is 18.1. The molecule has 4 rings (SSSR count). The first-order valence-electron chi connectivity index (χ1n) is 9.14. The number of rotatable bonds is 7. The van der Waals surface area contributed by atoms with Crippen molar-refractivity contribution in [2.75, 3.05) is 25.2 Å². The van der Waals surface area contributed by atoms with E-state index in [1.54, 1.807) is 24.6 Å². The Bertz CT molecular complexity index is 969. The van der Waals surface area contributed by atoms with Crippen molar-refractivity contribution in [2.45, 2.75) is 12.1 Å². The van der Waals surface area contributed by atoms with E-state index in [4.69, 9.17) is 33.3 Å². The van der Waals surface area contributed by atoms with Crippen molar-refractivity contribution in [3.63, 3.8) is 0 Å². The number of thiophene rings is 1. The van der Waals surface area contributed by atoms with Gasteiger partial charge in [0, 0.05) is 23.9 Å². The van der Waals surface area contributed by atoms with Gasteiger partial charge in [-0.2, -0.15) is 0 Å². The van der Waals surface area contributed by atoms with Crippen LogP contribution in [0.4, 0.5) is 5.69 Å². The van der Waals surface area contributed by atoms with Crippen LogP contribution in [0.15, 0.2) is 60.1 Å². The molecule has 2 aromatic heterocycles. The lowest BCUT2D eigenvalue weighted by molar-refractivity contribution is 0.146. The number of aromatic nitrogens is 1. The van der Waals surface area contributed by atoms with Crippen molar-refractivity contribution in [2.24, 2.45) is 0 Å². The number of nitrogens with one attached hydrogen (secondary N) is 1. The second-order valence-corrected chi connectivity index (χ2v) is 8.24. The third-order valence-corrected chi connectivity index (χ3v) is 6.22. The number of anilines is 1. The molecular weight excluding hydrogens is 426 g/mol. The van der Waals surface area contributed by atoms with Crippen LogP contribution in [0.3, 0.4) is 0 Å². The lowest BCUT2D eigenvalue weighted by atomic mass is 10.0. The van der Waals surface area contributed by atoms with E-state index in [2.05, 4.69) is 32.7 Å². The number of hydrogen-bond acceptors (Lipinski definition) is 5. The molecule has 0 radical (unpaired) electrons. The minimum Gasteiger partial charge on any atom is -0.490 e. The summed E-state index contributed by atoms with van der Waals surface area (Å²) in [4.78, 5) is 7.86. The first-order valence-corrected chi connectivity index (χ1v) is 10.8. The molecule has 5 nitrogen and oxygen atoms in total. The van der Waals surface area contributed by atoms with Crippen molar-refractivity contribution in [3.05, 3.63) is 75.7 Å². The highest BCUT2D eigenvalue weighted by Gasteiger charge is 2.41. The van der Waals surface area contributed by atoms with Gasteiger partial charge in [-0.1, -0.05) is 23.7 Å². The molecule has 1 aromatic carbocycles. The van der Waals surface area contributed by atoms with Crippen LogP contribution < -0.4 is 15.0 Å². The molecule has 1 N–H and O–H groups in total. The third-order valence-electron chi connectivity index (χ3n) is 4.67. The molecule has 0 spiro atoms. The number of pyridine rings is 1. The summed E-state index contributed by atoms with van der Waals surface area (Å²) < 4.78 is 10.7. The number of hydrogen-bond donors (Lipinski definition) is 1. The molecule has 1 saturated heterocycles. The smallest absolute Gasteiger partial charge is 0.174 e. The van der Waals surface area contributed by atoms with Gasteiger partial charge in [0.15, 0.2) is 5.11 Å². The van der Waals surface area contributed by atoms with Crippen LogP contribution >= 0.6 is 35.2 Å². The Hall–Kier alpha value is -2.19. The highest BCUT2D eigenvalue weighted by Crippen LogP contribution is 2.44. The Labute approximate surface area is 184 Å². The van der Waals surface area contributed by atoms with Crippen molar-refractivity contribution >= 4 is 46.0 Å². The molecule has 0 amide bonds. The van der Waals surface area contributed by atoms with Gasteiger partial charge >= 0.3 is 0 Å². The zero-order chi connectivity index (χ0) is 20.2. The summed E-state index contributed by atoms with van der Waals surface area (Å²) in [6.45, 7) is 0.948. The van der Waals surface area contributed by atoms with Crippen LogP contribution in [0.2, 0.25) is 5.02 Å². The number of benzene rings is 1. The first kappa shape index (κ1) is 20.1. The standard InChI is InChI=1S/C21H20ClN3O2S2/c1-26-10-11-27-17-8-7-14(13-15(17)22)25-20(18-6-4-12-29-18)19(24-21(25)28)16-5-2-3-9-23-16/h2-9,12-13,19-20H,10-11H2,1H3,(H,24,28)/t19-,20-/m0/s1. The molecule has 150 valence electrons. The van der Waals surface area contributed by atoms with E-state index in [1.165, 1.54) is 4.88 Å². The first-order chi connectivity index (χ1) is 14.2. The van der Waals surface area contributed by atoms with Gasteiger partial charge in [-0.25, -0.2) is 0 Å². The molecule has 1 aliphatic rings. The van der Waals surface area contributed by atoms with Gasteiger partial charge in [-0.15, -0.1) is 11.3 Å². The van der Waals surface area contributed by atoms with Gasteiger partial charge in [0.2, 0.25) is 0 Å². The molecule has 0 unspecified atom stereocenters. The Morgan fingerprint density at radius 2 is 2.10 bits per heavy atom. The van der Waals surface area contributed by atoms with E-state index in [1.807, 2.05) is 36.4 Å². The summed E-state index contributed by atoms with van der Waals surface area (Å²) in [5.74, 6) is 0.625. The van der Waals surface area contributed by atoms with Gasteiger partial charge in [-0.05, 0) is 54.0 Å². The van der Waals surface area contributed by atoms with Crippen molar-refractivity contribution in [1.29, 1.82) is 0 Å². The number of halogens is 1. The van der Waals surface area contributed by atoms with Crippen molar-refractivity contribution in [1.82, 2.24) is 10.3 Å². The fourth-order valence-electron chi connectivity index (χ4n) is 3.37. The summed E-state index contributed by atoms with van der Waals surface area (Å²) in [6.07, 6.45) is 1.80. The summed E-state index contributed by atoms with van der Waals surface area (Å²) >= 11 is 13.9. The van der Waals surface area contributed by atoms with Gasteiger partial charge < -0.3 is 19.7 Å². The third kappa shape index (κ3) is 4.23. The lowest BCUT2D eigenvalue weighted by Gasteiger charge is -2.27. The Balaban J connectivity index is 1.68. The molecule has 1 fully saturated rings.